The topological polar surface area (TPSA) is 81.1 Å². The number of benzene rings is 1. The van der Waals surface area contributed by atoms with Crippen molar-refractivity contribution in [1.82, 2.24) is 14.3 Å². The van der Waals surface area contributed by atoms with E-state index in [1.54, 1.807) is 54.2 Å². The minimum Gasteiger partial charge on any atom is -0.343 e. The lowest BCUT2D eigenvalue weighted by Gasteiger charge is -2.10. The third-order valence-electron chi connectivity index (χ3n) is 4.40. The minimum absolute atomic E-state index is 0.0911. The van der Waals surface area contributed by atoms with Crippen LogP contribution in [0.25, 0.3) is 0 Å². The summed E-state index contributed by atoms with van der Waals surface area (Å²) in [5.41, 5.74) is 3.13. The van der Waals surface area contributed by atoms with Gasteiger partial charge in [-0.3, -0.25) is 9.78 Å². The molecule has 0 spiro atoms. The van der Waals surface area contributed by atoms with Gasteiger partial charge >= 0.3 is 0 Å². The number of rotatable bonds is 7. The summed E-state index contributed by atoms with van der Waals surface area (Å²) in [5, 5.41) is 0.559. The highest BCUT2D eigenvalue weighted by atomic mass is 35.5. The number of sulfonamides is 1. The van der Waals surface area contributed by atoms with Crippen LogP contribution in [0, 0.1) is 6.92 Å². The summed E-state index contributed by atoms with van der Waals surface area (Å²) in [6.07, 6.45) is 3.12. The van der Waals surface area contributed by atoms with E-state index in [1.165, 1.54) is 6.20 Å². The highest BCUT2D eigenvalue weighted by Crippen LogP contribution is 2.20. The Morgan fingerprint density at radius 3 is 2.57 bits per heavy atom. The van der Waals surface area contributed by atoms with Crippen molar-refractivity contribution in [2.45, 2.75) is 19.2 Å². The number of nitrogens with one attached hydrogen (secondary N) is 1. The molecular weight excluding hydrogens is 398 g/mol. The van der Waals surface area contributed by atoms with Crippen molar-refractivity contribution in [1.29, 1.82) is 0 Å². The van der Waals surface area contributed by atoms with E-state index in [4.69, 9.17) is 11.6 Å². The number of aryl methyl sites for hydroxylation is 1. The molecule has 0 atom stereocenters. The molecule has 3 rings (SSSR count). The van der Waals surface area contributed by atoms with Crippen molar-refractivity contribution >= 4 is 27.4 Å². The third-order valence-corrected chi connectivity index (χ3v) is 5.95. The van der Waals surface area contributed by atoms with Gasteiger partial charge in [0.15, 0.2) is 0 Å². The molecule has 28 heavy (non-hydrogen) atoms. The second-order valence-corrected chi connectivity index (χ2v) is 8.75. The van der Waals surface area contributed by atoms with E-state index in [1.807, 2.05) is 13.0 Å². The fourth-order valence-corrected chi connectivity index (χ4v) is 4.21. The van der Waals surface area contributed by atoms with Crippen molar-refractivity contribution < 1.29 is 13.2 Å². The minimum atomic E-state index is -3.53. The number of hydrogen-bond acceptors (Lipinski definition) is 4. The Labute approximate surface area is 169 Å². The summed E-state index contributed by atoms with van der Waals surface area (Å²) in [5.74, 6) is -0.290. The molecule has 0 saturated carbocycles. The smallest absolute Gasteiger partial charge is 0.216 e. The maximum atomic E-state index is 12.8. The van der Waals surface area contributed by atoms with Crippen molar-refractivity contribution in [2.24, 2.45) is 7.05 Å². The Balaban J connectivity index is 1.76. The predicted molar refractivity (Wildman–Crippen MR) is 109 cm³/mol. The average molecular weight is 418 g/mol. The van der Waals surface area contributed by atoms with Crippen LogP contribution in [-0.2, 0) is 29.4 Å². The molecule has 2 aromatic heterocycles. The molecule has 1 aromatic carbocycles. The lowest BCUT2D eigenvalue weighted by Crippen LogP contribution is -2.26. The van der Waals surface area contributed by atoms with Gasteiger partial charge in [-0.1, -0.05) is 17.7 Å². The first-order chi connectivity index (χ1) is 13.3. The fourth-order valence-electron chi connectivity index (χ4n) is 3.00. The predicted octanol–water partition coefficient (Wildman–Crippen LogP) is 3.23. The zero-order valence-corrected chi connectivity index (χ0v) is 17.1. The third kappa shape index (κ3) is 4.67. The van der Waals surface area contributed by atoms with E-state index in [0.717, 1.165) is 5.56 Å². The van der Waals surface area contributed by atoms with Crippen LogP contribution >= 0.6 is 11.6 Å². The van der Waals surface area contributed by atoms with Gasteiger partial charge in [0.05, 0.1) is 18.0 Å². The highest BCUT2D eigenvalue weighted by Gasteiger charge is 2.20. The van der Waals surface area contributed by atoms with Crippen LogP contribution in [0.4, 0.5) is 0 Å². The van der Waals surface area contributed by atoms with Gasteiger partial charge in [0.1, 0.15) is 0 Å². The number of pyridine rings is 1. The Hall–Kier alpha value is -2.48. The summed E-state index contributed by atoms with van der Waals surface area (Å²) in [6, 6.07) is 11.9. The quantitative estimate of drug-likeness (QED) is 0.598. The van der Waals surface area contributed by atoms with E-state index in [-0.39, 0.29) is 18.1 Å². The number of carbonyl (C=O) groups excluding carboxylic acids is 1. The van der Waals surface area contributed by atoms with Crippen molar-refractivity contribution in [3.63, 3.8) is 0 Å². The lowest BCUT2D eigenvalue weighted by molar-refractivity contribution is 0.103. The molecule has 0 aliphatic carbocycles. The van der Waals surface area contributed by atoms with Crippen molar-refractivity contribution in [3.05, 3.63) is 88.0 Å². The first-order valence-electron chi connectivity index (χ1n) is 8.58. The van der Waals surface area contributed by atoms with E-state index in [2.05, 4.69) is 9.71 Å². The van der Waals surface area contributed by atoms with E-state index in [9.17, 15) is 13.2 Å². The number of halogens is 1. The second-order valence-electron chi connectivity index (χ2n) is 6.50. The van der Waals surface area contributed by atoms with Crippen LogP contribution in [0.1, 0.15) is 32.9 Å². The van der Waals surface area contributed by atoms with E-state index < -0.39 is 10.0 Å². The van der Waals surface area contributed by atoms with E-state index >= 15 is 0 Å². The Bertz CT molecular complexity index is 1090. The monoisotopic (exact) mass is 417 g/mol. The van der Waals surface area contributed by atoms with Gasteiger partial charge in [0, 0.05) is 35.7 Å². The van der Waals surface area contributed by atoms with Gasteiger partial charge in [-0.05, 0) is 54.4 Å². The molecule has 1 N–H and O–H groups in total. The molecule has 8 heteroatoms. The Kier molecular flexibility index (Phi) is 5.98. The molecule has 0 saturated heterocycles. The van der Waals surface area contributed by atoms with Gasteiger partial charge in [0.25, 0.3) is 0 Å². The summed E-state index contributed by atoms with van der Waals surface area (Å²) in [4.78, 5) is 16.8. The molecule has 3 aromatic rings. The number of ketones is 1. The number of carbonyl (C=O) groups is 1. The zero-order chi connectivity index (χ0) is 20.3. The molecule has 146 valence electrons. The Morgan fingerprint density at radius 2 is 1.93 bits per heavy atom. The molecule has 0 aliphatic heterocycles. The molecule has 0 radical (unpaired) electrons. The van der Waals surface area contributed by atoms with Crippen LogP contribution in [0.3, 0.4) is 0 Å². The summed E-state index contributed by atoms with van der Waals surface area (Å²) >= 11 is 5.89. The molecule has 2 heterocycles. The van der Waals surface area contributed by atoms with Crippen LogP contribution in [0.2, 0.25) is 5.02 Å². The number of hydrogen-bond donors (Lipinski definition) is 1. The first kappa shape index (κ1) is 20.3. The van der Waals surface area contributed by atoms with Gasteiger partial charge in [-0.25, -0.2) is 13.1 Å². The van der Waals surface area contributed by atoms with E-state index in [0.29, 0.717) is 27.5 Å². The van der Waals surface area contributed by atoms with Crippen molar-refractivity contribution in [3.8, 4) is 0 Å². The summed E-state index contributed by atoms with van der Waals surface area (Å²) in [6.45, 7) is 1.92. The average Bonchev–Trinajstić information content (AvgIpc) is 2.94. The normalized spacial score (nSPS) is 11.5. The van der Waals surface area contributed by atoms with Crippen LogP contribution in [0.15, 0.2) is 54.9 Å². The molecule has 0 bridgehead atoms. The van der Waals surface area contributed by atoms with Gasteiger partial charge in [-0.2, -0.15) is 0 Å². The number of aromatic nitrogens is 2. The molecule has 0 amide bonds. The summed E-state index contributed by atoms with van der Waals surface area (Å²) in [7, 11) is -1.78. The van der Waals surface area contributed by atoms with Gasteiger partial charge in [0.2, 0.25) is 15.8 Å². The molecular formula is C20H20ClN3O3S. The van der Waals surface area contributed by atoms with Crippen LogP contribution in [0.5, 0.6) is 0 Å². The number of nitrogens with zero attached hydrogens (tertiary/aromatic N) is 2. The second kappa shape index (κ2) is 8.26. The van der Waals surface area contributed by atoms with Crippen molar-refractivity contribution in [2.75, 3.05) is 0 Å². The maximum absolute atomic E-state index is 12.8. The highest BCUT2D eigenvalue weighted by molar-refractivity contribution is 7.88. The van der Waals surface area contributed by atoms with Crippen LogP contribution in [-0.4, -0.2) is 23.8 Å². The Morgan fingerprint density at radius 1 is 1.21 bits per heavy atom. The summed E-state index contributed by atoms with van der Waals surface area (Å²) < 4.78 is 29.0. The standard InChI is InChI=1S/C20H20ClN3O3S/c1-14-10-18(12-23-28(26,27)13-15-4-3-9-22-11-15)24(2)19(14)20(25)16-5-7-17(21)8-6-16/h3-11,23H,12-13H2,1-2H3. The van der Waals surface area contributed by atoms with Gasteiger partial charge < -0.3 is 4.57 Å². The van der Waals surface area contributed by atoms with Crippen LogP contribution < -0.4 is 4.72 Å². The fraction of sp³-hybridized carbons (Fsp3) is 0.200. The first-order valence-corrected chi connectivity index (χ1v) is 10.6. The molecule has 0 aliphatic rings. The SMILES string of the molecule is Cc1cc(CNS(=O)(=O)Cc2cccnc2)n(C)c1C(=O)c1ccc(Cl)cc1. The zero-order valence-electron chi connectivity index (χ0n) is 15.5. The largest absolute Gasteiger partial charge is 0.343 e. The maximum Gasteiger partial charge on any atom is 0.216 e. The molecule has 0 unspecified atom stereocenters. The molecule has 6 nitrogen and oxygen atoms in total. The van der Waals surface area contributed by atoms with Gasteiger partial charge in [-0.15, -0.1) is 0 Å². The molecule has 0 fully saturated rings. The lowest BCUT2D eigenvalue weighted by atomic mass is 10.1.